The lowest BCUT2D eigenvalue weighted by molar-refractivity contribution is -0.151. The van der Waals surface area contributed by atoms with Crippen molar-refractivity contribution >= 4 is 35.1 Å². The van der Waals surface area contributed by atoms with Gasteiger partial charge in [0.2, 0.25) is 0 Å². The highest BCUT2D eigenvalue weighted by molar-refractivity contribution is 6.41. The van der Waals surface area contributed by atoms with E-state index < -0.39 is 12.0 Å². The number of rotatable bonds is 2. The molecule has 0 bridgehead atoms. The smallest absolute Gasteiger partial charge is 0.331 e. The summed E-state index contributed by atoms with van der Waals surface area (Å²) >= 11 is 11.9. The number of morpholine rings is 1. The summed E-state index contributed by atoms with van der Waals surface area (Å²) in [6, 6.07) is 0.726. The zero-order valence-electron chi connectivity index (χ0n) is 11.1. The summed E-state index contributed by atoms with van der Waals surface area (Å²) in [7, 11) is 2.91. The summed E-state index contributed by atoms with van der Waals surface area (Å²) < 4.78 is 11.4. The molecule has 1 aromatic heterocycles. The first-order valence-electron chi connectivity index (χ1n) is 5.94. The number of esters is 1. The number of aromatic nitrogens is 1. The van der Waals surface area contributed by atoms with Crippen LogP contribution in [0.4, 0.5) is 0 Å². The van der Waals surface area contributed by atoms with Crippen LogP contribution in [0.25, 0.3) is 0 Å². The van der Waals surface area contributed by atoms with Gasteiger partial charge in [-0.05, 0) is 6.07 Å². The number of halogens is 2. The van der Waals surface area contributed by atoms with Crippen LogP contribution in [0.3, 0.4) is 0 Å². The molecule has 2 heterocycles. The largest absolute Gasteiger partial charge is 0.467 e. The predicted octanol–water partition coefficient (Wildman–Crippen LogP) is 1.35. The Bertz CT molecular complexity index is 544. The van der Waals surface area contributed by atoms with Gasteiger partial charge in [-0.15, -0.1) is 0 Å². The van der Waals surface area contributed by atoms with Crippen molar-refractivity contribution in [2.24, 2.45) is 7.05 Å². The Labute approximate surface area is 126 Å². The zero-order chi connectivity index (χ0) is 14.9. The monoisotopic (exact) mass is 320 g/mol. The van der Waals surface area contributed by atoms with Gasteiger partial charge in [0, 0.05) is 13.6 Å². The highest BCUT2D eigenvalue weighted by Crippen LogP contribution is 2.26. The Morgan fingerprint density at radius 1 is 1.45 bits per heavy atom. The van der Waals surface area contributed by atoms with E-state index in [1.165, 1.54) is 22.6 Å². The minimum atomic E-state index is -0.756. The van der Waals surface area contributed by atoms with E-state index in [-0.39, 0.29) is 17.7 Å². The number of carbonyl (C=O) groups is 2. The van der Waals surface area contributed by atoms with Crippen molar-refractivity contribution in [2.45, 2.75) is 6.04 Å². The van der Waals surface area contributed by atoms with Gasteiger partial charge in [0.05, 0.1) is 25.3 Å². The van der Waals surface area contributed by atoms with E-state index in [9.17, 15) is 9.59 Å². The number of ether oxygens (including phenoxy) is 2. The number of methoxy groups -OCH3 is 1. The zero-order valence-corrected chi connectivity index (χ0v) is 12.6. The lowest BCUT2D eigenvalue weighted by Crippen LogP contribution is -2.53. The molecule has 0 N–H and O–H groups in total. The van der Waals surface area contributed by atoms with Gasteiger partial charge in [-0.1, -0.05) is 23.2 Å². The summed E-state index contributed by atoms with van der Waals surface area (Å²) in [5.74, 6) is -0.843. The summed E-state index contributed by atoms with van der Waals surface area (Å²) in [5, 5.41) is 0.568. The standard InChI is InChI=1S/C12H14Cl2N2O4/c1-15-8(5-7(13)10(15)14)11(17)16-3-4-20-6-9(16)12(18)19-2/h5,9H,3-4,6H2,1-2H3. The Morgan fingerprint density at radius 2 is 2.15 bits per heavy atom. The Hall–Kier alpha value is -1.24. The molecule has 0 aliphatic carbocycles. The molecule has 0 spiro atoms. The molecule has 1 unspecified atom stereocenters. The average Bonchev–Trinajstić information content (AvgIpc) is 2.73. The third-order valence-electron chi connectivity index (χ3n) is 3.20. The highest BCUT2D eigenvalue weighted by atomic mass is 35.5. The topological polar surface area (TPSA) is 60.8 Å². The molecule has 0 saturated carbocycles. The van der Waals surface area contributed by atoms with Crippen LogP contribution in [-0.4, -0.2) is 54.3 Å². The molecule has 0 aromatic carbocycles. The SMILES string of the molecule is COC(=O)C1COCCN1C(=O)c1cc(Cl)c(Cl)n1C. The summed E-state index contributed by atoms with van der Waals surface area (Å²) in [4.78, 5) is 25.7. The molecule has 0 radical (unpaired) electrons. The van der Waals surface area contributed by atoms with Gasteiger partial charge in [0.25, 0.3) is 5.91 Å². The van der Waals surface area contributed by atoms with Crippen LogP contribution in [0.5, 0.6) is 0 Å². The van der Waals surface area contributed by atoms with Crippen LogP contribution in [-0.2, 0) is 21.3 Å². The van der Waals surface area contributed by atoms with Gasteiger partial charge in [0.1, 0.15) is 10.8 Å². The number of hydrogen-bond acceptors (Lipinski definition) is 4. The minimum Gasteiger partial charge on any atom is -0.467 e. The molecule has 1 aliphatic heterocycles. The normalized spacial score (nSPS) is 19.0. The maximum absolute atomic E-state index is 12.5. The lowest BCUT2D eigenvalue weighted by Gasteiger charge is -2.33. The van der Waals surface area contributed by atoms with Crippen LogP contribution in [0, 0.1) is 0 Å². The first-order chi connectivity index (χ1) is 9.47. The lowest BCUT2D eigenvalue weighted by atomic mass is 10.2. The van der Waals surface area contributed by atoms with Crippen LogP contribution in [0.15, 0.2) is 6.07 Å². The Morgan fingerprint density at radius 3 is 2.70 bits per heavy atom. The summed E-state index contributed by atoms with van der Waals surface area (Å²) in [6.07, 6.45) is 0. The van der Waals surface area contributed by atoms with Crippen LogP contribution in [0.1, 0.15) is 10.5 Å². The number of amides is 1. The van der Waals surface area contributed by atoms with Crippen LogP contribution in [0.2, 0.25) is 10.2 Å². The van der Waals surface area contributed by atoms with Crippen LogP contribution >= 0.6 is 23.2 Å². The van der Waals surface area contributed by atoms with E-state index in [0.29, 0.717) is 23.9 Å². The second-order valence-electron chi connectivity index (χ2n) is 4.34. The minimum absolute atomic E-state index is 0.115. The molecule has 8 heteroatoms. The predicted molar refractivity (Wildman–Crippen MR) is 73.1 cm³/mol. The fourth-order valence-electron chi connectivity index (χ4n) is 2.07. The van der Waals surface area contributed by atoms with E-state index in [1.54, 1.807) is 7.05 Å². The molecule has 1 fully saturated rings. The third-order valence-corrected chi connectivity index (χ3v) is 4.04. The fraction of sp³-hybridized carbons (Fsp3) is 0.500. The van der Waals surface area contributed by atoms with Gasteiger partial charge < -0.3 is 18.9 Å². The highest BCUT2D eigenvalue weighted by Gasteiger charge is 2.35. The number of hydrogen-bond donors (Lipinski definition) is 0. The van der Waals surface area contributed by atoms with E-state index in [2.05, 4.69) is 0 Å². The summed E-state index contributed by atoms with van der Waals surface area (Å²) in [6.45, 7) is 0.786. The van der Waals surface area contributed by atoms with Crippen molar-refractivity contribution in [3.8, 4) is 0 Å². The molecule has 1 aliphatic rings. The molecule has 2 rings (SSSR count). The average molecular weight is 321 g/mol. The molecule has 1 atom stereocenters. The third kappa shape index (κ3) is 2.63. The Kier molecular flexibility index (Phi) is 4.57. The molecular weight excluding hydrogens is 307 g/mol. The van der Waals surface area contributed by atoms with Gasteiger partial charge in [-0.3, -0.25) is 4.79 Å². The number of carbonyl (C=O) groups excluding carboxylic acids is 2. The maximum atomic E-state index is 12.5. The molecule has 1 saturated heterocycles. The second-order valence-corrected chi connectivity index (χ2v) is 5.10. The number of nitrogens with zero attached hydrogens (tertiary/aromatic N) is 2. The van der Waals surface area contributed by atoms with Crippen molar-refractivity contribution in [2.75, 3.05) is 26.9 Å². The first kappa shape index (κ1) is 15.2. The van der Waals surface area contributed by atoms with E-state index in [4.69, 9.17) is 32.7 Å². The van der Waals surface area contributed by atoms with Gasteiger partial charge in [-0.2, -0.15) is 0 Å². The van der Waals surface area contributed by atoms with Gasteiger partial charge >= 0.3 is 5.97 Å². The van der Waals surface area contributed by atoms with Crippen molar-refractivity contribution in [1.82, 2.24) is 9.47 Å². The summed E-state index contributed by atoms with van der Waals surface area (Å²) in [5.41, 5.74) is 0.316. The fourth-order valence-corrected chi connectivity index (χ4v) is 2.45. The van der Waals surface area contributed by atoms with Gasteiger partial charge in [0.15, 0.2) is 6.04 Å². The first-order valence-corrected chi connectivity index (χ1v) is 6.70. The van der Waals surface area contributed by atoms with Crippen LogP contribution < -0.4 is 0 Å². The quantitative estimate of drug-likeness (QED) is 0.772. The van der Waals surface area contributed by atoms with Crippen molar-refractivity contribution in [3.05, 3.63) is 21.9 Å². The Balaban J connectivity index is 2.30. The molecule has 20 heavy (non-hydrogen) atoms. The molecular formula is C12H14Cl2N2O4. The maximum Gasteiger partial charge on any atom is 0.331 e. The van der Waals surface area contributed by atoms with Gasteiger partial charge in [-0.25, -0.2) is 4.79 Å². The van der Waals surface area contributed by atoms with E-state index in [0.717, 1.165) is 0 Å². The van der Waals surface area contributed by atoms with Crippen molar-refractivity contribution in [3.63, 3.8) is 0 Å². The second kappa shape index (κ2) is 6.03. The van der Waals surface area contributed by atoms with Crippen molar-refractivity contribution in [1.29, 1.82) is 0 Å². The molecule has 1 amide bonds. The molecule has 1 aromatic rings. The van der Waals surface area contributed by atoms with E-state index in [1.807, 2.05) is 0 Å². The molecule has 110 valence electrons. The molecule has 6 nitrogen and oxygen atoms in total. The van der Waals surface area contributed by atoms with Crippen molar-refractivity contribution < 1.29 is 19.1 Å². The van der Waals surface area contributed by atoms with E-state index >= 15 is 0 Å².